The molecule has 0 bridgehead atoms. The summed E-state index contributed by atoms with van der Waals surface area (Å²) in [7, 11) is 1.93. The second kappa shape index (κ2) is 4.96. The molecule has 1 aliphatic rings. The van der Waals surface area contributed by atoms with Gasteiger partial charge in [0.05, 0.1) is 17.5 Å². The minimum Gasteiger partial charge on any atom is -0.394 e. The van der Waals surface area contributed by atoms with E-state index >= 15 is 0 Å². The number of aryl methyl sites for hydroxylation is 2. The summed E-state index contributed by atoms with van der Waals surface area (Å²) < 4.78 is 7.37. The van der Waals surface area contributed by atoms with Gasteiger partial charge in [-0.1, -0.05) is 6.92 Å². The Balaban J connectivity index is 1.94. The quantitative estimate of drug-likeness (QED) is 0.816. The molecule has 0 saturated heterocycles. The number of anilines is 2. The Morgan fingerprint density at radius 1 is 1.47 bits per heavy atom. The molecule has 0 unspecified atom stereocenters. The molecule has 1 saturated carbocycles. The number of nitrogens with two attached hydrogens (primary N) is 1. The fraction of sp³-hybridized carbons (Fsp3) is 0.750. The number of aromatic nitrogens is 2. The van der Waals surface area contributed by atoms with E-state index in [0.717, 1.165) is 43.1 Å². The van der Waals surface area contributed by atoms with E-state index in [0.29, 0.717) is 12.1 Å². The van der Waals surface area contributed by atoms with E-state index in [1.807, 2.05) is 18.7 Å². The van der Waals surface area contributed by atoms with Gasteiger partial charge in [-0.15, -0.1) is 0 Å². The predicted molar refractivity (Wildman–Crippen MR) is 69.1 cm³/mol. The van der Waals surface area contributed by atoms with E-state index in [1.165, 1.54) is 0 Å². The predicted octanol–water partition coefficient (Wildman–Crippen LogP) is 1.54. The molecule has 3 N–H and O–H groups in total. The van der Waals surface area contributed by atoms with Crippen LogP contribution in [0, 0.1) is 0 Å². The van der Waals surface area contributed by atoms with Crippen LogP contribution in [0.5, 0.6) is 0 Å². The summed E-state index contributed by atoms with van der Waals surface area (Å²) >= 11 is 0. The highest BCUT2D eigenvalue weighted by molar-refractivity contribution is 5.65. The third-order valence-corrected chi connectivity index (χ3v) is 3.33. The fourth-order valence-corrected chi connectivity index (χ4v) is 2.28. The van der Waals surface area contributed by atoms with E-state index < -0.39 is 0 Å². The molecule has 5 heteroatoms. The normalized spacial score (nSPS) is 23.5. The van der Waals surface area contributed by atoms with Gasteiger partial charge in [-0.2, -0.15) is 5.10 Å². The largest absolute Gasteiger partial charge is 0.394 e. The van der Waals surface area contributed by atoms with Gasteiger partial charge in [0.2, 0.25) is 0 Å². The smallest absolute Gasteiger partial charge is 0.148 e. The first-order valence-corrected chi connectivity index (χ1v) is 6.35. The van der Waals surface area contributed by atoms with Crippen molar-refractivity contribution in [3.05, 3.63) is 5.69 Å². The van der Waals surface area contributed by atoms with Gasteiger partial charge in [-0.25, -0.2) is 0 Å². The molecule has 0 radical (unpaired) electrons. The molecule has 1 aromatic heterocycles. The van der Waals surface area contributed by atoms with Crippen molar-refractivity contribution in [2.24, 2.45) is 7.05 Å². The topological polar surface area (TPSA) is 65.1 Å². The van der Waals surface area contributed by atoms with Crippen molar-refractivity contribution in [3.8, 4) is 0 Å². The lowest BCUT2D eigenvalue weighted by Gasteiger charge is -2.35. The lowest BCUT2D eigenvalue weighted by atomic mass is 9.89. The monoisotopic (exact) mass is 238 g/mol. The first kappa shape index (κ1) is 12.2. The number of nitrogens with zero attached hydrogens (tertiary/aromatic N) is 2. The van der Waals surface area contributed by atoms with Gasteiger partial charge in [-0.05, 0) is 26.2 Å². The summed E-state index contributed by atoms with van der Waals surface area (Å²) in [4.78, 5) is 0. The van der Waals surface area contributed by atoms with Crippen LogP contribution in [-0.2, 0) is 18.2 Å². The van der Waals surface area contributed by atoms with Crippen molar-refractivity contribution in [2.75, 3.05) is 17.7 Å². The number of nitrogen functional groups attached to an aromatic ring is 1. The Kier molecular flexibility index (Phi) is 3.57. The highest BCUT2D eigenvalue weighted by atomic mass is 16.5. The zero-order chi connectivity index (χ0) is 12.4. The molecule has 0 aliphatic heterocycles. The van der Waals surface area contributed by atoms with Gasteiger partial charge >= 0.3 is 0 Å². The summed E-state index contributed by atoms with van der Waals surface area (Å²) in [5.41, 5.74) is 7.81. The molecule has 2 rings (SSSR count). The number of rotatable bonds is 5. The lowest BCUT2D eigenvalue weighted by molar-refractivity contribution is 0.00287. The Morgan fingerprint density at radius 3 is 2.71 bits per heavy atom. The summed E-state index contributed by atoms with van der Waals surface area (Å²) in [6.07, 6.45) is 3.39. The van der Waals surface area contributed by atoms with Gasteiger partial charge in [0.15, 0.2) is 0 Å². The molecule has 5 nitrogen and oxygen atoms in total. The van der Waals surface area contributed by atoms with E-state index in [-0.39, 0.29) is 0 Å². The van der Waals surface area contributed by atoms with Gasteiger partial charge in [0, 0.05) is 19.7 Å². The molecule has 96 valence electrons. The van der Waals surface area contributed by atoms with Gasteiger partial charge in [0.25, 0.3) is 0 Å². The second-order valence-corrected chi connectivity index (χ2v) is 4.58. The number of ether oxygens (including phenoxy) is 1. The van der Waals surface area contributed by atoms with Crippen LogP contribution in [0.2, 0.25) is 0 Å². The van der Waals surface area contributed by atoms with Gasteiger partial charge in [-0.3, -0.25) is 4.68 Å². The minimum absolute atomic E-state index is 0.414. The highest BCUT2D eigenvalue weighted by Crippen LogP contribution is 2.30. The van der Waals surface area contributed by atoms with E-state index in [4.69, 9.17) is 10.5 Å². The fourth-order valence-electron chi connectivity index (χ4n) is 2.28. The van der Waals surface area contributed by atoms with Crippen molar-refractivity contribution in [3.63, 3.8) is 0 Å². The van der Waals surface area contributed by atoms with E-state index in [9.17, 15) is 0 Å². The Morgan fingerprint density at radius 2 is 2.18 bits per heavy atom. The standard InChI is InChI=1S/C12H22N4O/c1-4-10-11(13)12(16(3)15-10)14-8-6-9(7-8)17-5-2/h8-9,14H,4-7,13H2,1-3H3. The Bertz CT molecular complexity index is 382. The molecule has 1 aromatic rings. The average Bonchev–Trinajstić information content (AvgIpc) is 2.53. The maximum absolute atomic E-state index is 6.06. The van der Waals surface area contributed by atoms with Crippen LogP contribution in [0.3, 0.4) is 0 Å². The first-order valence-electron chi connectivity index (χ1n) is 6.35. The zero-order valence-corrected chi connectivity index (χ0v) is 10.9. The second-order valence-electron chi connectivity index (χ2n) is 4.58. The highest BCUT2D eigenvalue weighted by Gasteiger charge is 2.30. The van der Waals surface area contributed by atoms with Gasteiger partial charge < -0.3 is 15.8 Å². The van der Waals surface area contributed by atoms with Crippen LogP contribution in [0.4, 0.5) is 11.5 Å². The minimum atomic E-state index is 0.414. The molecule has 17 heavy (non-hydrogen) atoms. The molecular formula is C12H22N4O. The van der Waals surface area contributed by atoms with Crippen molar-refractivity contribution in [1.82, 2.24) is 9.78 Å². The number of hydrogen-bond acceptors (Lipinski definition) is 4. The molecule has 1 fully saturated rings. The lowest BCUT2D eigenvalue weighted by Crippen LogP contribution is -2.41. The van der Waals surface area contributed by atoms with Crippen LogP contribution in [0.1, 0.15) is 32.4 Å². The number of hydrogen-bond donors (Lipinski definition) is 2. The molecule has 0 aromatic carbocycles. The SMILES string of the molecule is CCOC1CC(Nc2c(N)c(CC)nn2C)C1. The van der Waals surface area contributed by atoms with E-state index in [2.05, 4.69) is 17.3 Å². The summed E-state index contributed by atoms with van der Waals surface area (Å²) in [6, 6.07) is 0.467. The van der Waals surface area contributed by atoms with Crippen LogP contribution in [-0.4, -0.2) is 28.5 Å². The first-order chi connectivity index (χ1) is 8.15. The zero-order valence-electron chi connectivity index (χ0n) is 10.9. The van der Waals surface area contributed by atoms with Crippen molar-refractivity contribution in [1.29, 1.82) is 0 Å². The summed E-state index contributed by atoms with van der Waals surface area (Å²) in [6.45, 7) is 4.90. The molecule has 1 aliphatic carbocycles. The Labute approximate surface area is 102 Å². The number of nitrogens with one attached hydrogen (secondary N) is 1. The molecule has 0 spiro atoms. The van der Waals surface area contributed by atoms with Crippen LogP contribution in [0.15, 0.2) is 0 Å². The maximum atomic E-state index is 6.06. The third kappa shape index (κ3) is 2.39. The molecule has 1 heterocycles. The van der Waals surface area contributed by atoms with Crippen molar-refractivity contribution in [2.45, 2.75) is 45.3 Å². The van der Waals surface area contributed by atoms with Crippen LogP contribution < -0.4 is 11.1 Å². The third-order valence-electron chi connectivity index (χ3n) is 3.33. The van der Waals surface area contributed by atoms with Crippen molar-refractivity contribution < 1.29 is 4.74 Å². The van der Waals surface area contributed by atoms with E-state index in [1.54, 1.807) is 0 Å². The van der Waals surface area contributed by atoms with Crippen LogP contribution >= 0.6 is 0 Å². The Hall–Kier alpha value is -1.23. The molecule has 0 amide bonds. The average molecular weight is 238 g/mol. The molecule has 0 atom stereocenters. The van der Waals surface area contributed by atoms with Crippen LogP contribution in [0.25, 0.3) is 0 Å². The summed E-state index contributed by atoms with van der Waals surface area (Å²) in [5.74, 6) is 0.946. The van der Waals surface area contributed by atoms with Gasteiger partial charge in [0.1, 0.15) is 5.82 Å². The summed E-state index contributed by atoms with van der Waals surface area (Å²) in [5, 5.41) is 7.85. The maximum Gasteiger partial charge on any atom is 0.148 e. The molecular weight excluding hydrogens is 216 g/mol. The van der Waals surface area contributed by atoms with Crippen molar-refractivity contribution >= 4 is 11.5 Å².